The van der Waals surface area contributed by atoms with Crippen LogP contribution in [-0.2, 0) is 11.8 Å². The highest BCUT2D eigenvalue weighted by Crippen LogP contribution is 2.35. The number of halogens is 5. The average Bonchev–Trinajstić information content (AvgIpc) is 2.48. The lowest BCUT2D eigenvalue weighted by Gasteiger charge is -2.31. The first-order valence-electron chi connectivity index (χ1n) is 6.33. The van der Waals surface area contributed by atoms with Gasteiger partial charge in [-0.25, -0.2) is 8.78 Å². The number of hydrogen-bond donors (Lipinski definition) is 0. The summed E-state index contributed by atoms with van der Waals surface area (Å²) in [7, 11) is 0. The zero-order valence-corrected chi connectivity index (χ0v) is 15.0. The van der Waals surface area contributed by atoms with E-state index < -0.39 is 5.41 Å². The fourth-order valence-electron chi connectivity index (χ4n) is 2.25. The van der Waals surface area contributed by atoms with Gasteiger partial charge in [0.1, 0.15) is 11.6 Å². The maximum Gasteiger partial charge on any atom is 0.123 e. The van der Waals surface area contributed by atoms with Crippen LogP contribution in [0, 0.1) is 11.6 Å². The molecule has 0 aromatic heterocycles. The number of rotatable bonds is 5. The Hall–Kier alpha value is -0.450. The van der Waals surface area contributed by atoms with Crippen LogP contribution >= 0.6 is 43.5 Å². The van der Waals surface area contributed by atoms with Crippen LogP contribution in [0.1, 0.15) is 11.1 Å². The van der Waals surface area contributed by atoms with Gasteiger partial charge >= 0.3 is 0 Å². The summed E-state index contributed by atoms with van der Waals surface area (Å²) in [5.41, 5.74) is 1.15. The molecule has 0 heterocycles. The van der Waals surface area contributed by atoms with Crippen molar-refractivity contribution in [2.24, 2.45) is 0 Å². The second kappa shape index (κ2) is 7.21. The minimum atomic E-state index is -0.403. The Labute approximate surface area is 144 Å². The summed E-state index contributed by atoms with van der Waals surface area (Å²) in [5, 5.41) is 1.71. The highest BCUT2D eigenvalue weighted by Gasteiger charge is 2.31. The van der Waals surface area contributed by atoms with Gasteiger partial charge in [0, 0.05) is 21.1 Å². The molecule has 2 rings (SSSR count). The van der Waals surface area contributed by atoms with E-state index >= 15 is 0 Å². The van der Waals surface area contributed by atoms with E-state index in [-0.39, 0.29) is 11.6 Å². The van der Waals surface area contributed by atoms with Crippen molar-refractivity contribution in [3.63, 3.8) is 0 Å². The second-order valence-electron chi connectivity index (χ2n) is 4.97. The van der Waals surface area contributed by atoms with E-state index in [1.165, 1.54) is 24.3 Å². The van der Waals surface area contributed by atoms with Gasteiger partial charge < -0.3 is 0 Å². The van der Waals surface area contributed by atoms with E-state index in [0.29, 0.717) is 27.7 Å². The molecule has 21 heavy (non-hydrogen) atoms. The second-order valence-corrected chi connectivity index (χ2v) is 6.50. The van der Waals surface area contributed by atoms with Crippen molar-refractivity contribution in [2.45, 2.75) is 11.8 Å². The molecule has 0 aliphatic heterocycles. The van der Waals surface area contributed by atoms with Crippen LogP contribution in [0.25, 0.3) is 0 Å². The monoisotopic (exact) mass is 436 g/mol. The summed E-state index contributed by atoms with van der Waals surface area (Å²) in [5.74, 6) is -0.615. The molecule has 0 aliphatic rings. The normalized spacial score (nSPS) is 11.7. The Morgan fingerprint density at radius 2 is 1.62 bits per heavy atom. The fourth-order valence-corrected chi connectivity index (χ4v) is 4.41. The molecule has 112 valence electrons. The first-order valence-corrected chi connectivity index (χ1v) is 8.95. The molecule has 0 atom stereocenters. The fraction of sp³-hybridized carbons (Fsp3) is 0.250. The summed E-state index contributed by atoms with van der Waals surface area (Å²) in [6, 6.07) is 10.8. The van der Waals surface area contributed by atoms with Crippen molar-refractivity contribution in [1.29, 1.82) is 0 Å². The van der Waals surface area contributed by atoms with Gasteiger partial charge in [0.15, 0.2) is 0 Å². The van der Waals surface area contributed by atoms with Crippen LogP contribution in [0.3, 0.4) is 0 Å². The molecular weight excluding hydrogens is 425 g/mol. The molecule has 0 unspecified atom stereocenters. The molecule has 0 radical (unpaired) electrons. The van der Waals surface area contributed by atoms with Crippen molar-refractivity contribution in [2.75, 3.05) is 10.7 Å². The van der Waals surface area contributed by atoms with Gasteiger partial charge in [-0.2, -0.15) is 0 Å². The Balaban J connectivity index is 2.45. The molecular formula is C16H13Br2ClF2. The molecule has 0 N–H and O–H groups in total. The van der Waals surface area contributed by atoms with E-state index in [0.717, 1.165) is 5.56 Å². The first-order chi connectivity index (χ1) is 10.0. The van der Waals surface area contributed by atoms with Crippen molar-refractivity contribution >= 4 is 43.5 Å². The standard InChI is InChI=1S/C16H13Br2ClF2/c17-9-16(10-18,12-2-1-3-13(20)7-12)8-11-6-14(21)4-5-15(11)19/h1-7H,8-10H2. The number of alkyl halides is 2. The predicted octanol–water partition coefficient (Wildman–Crippen LogP) is 5.89. The van der Waals surface area contributed by atoms with Gasteiger partial charge in [0.2, 0.25) is 0 Å². The lowest BCUT2D eigenvalue weighted by atomic mass is 9.79. The molecule has 0 saturated carbocycles. The van der Waals surface area contributed by atoms with Gasteiger partial charge in [-0.3, -0.25) is 0 Å². The van der Waals surface area contributed by atoms with E-state index in [2.05, 4.69) is 31.9 Å². The van der Waals surface area contributed by atoms with Crippen molar-refractivity contribution in [3.05, 3.63) is 70.2 Å². The SMILES string of the molecule is Fc1cccc(C(CBr)(CBr)Cc2cc(F)ccc2Cl)c1. The summed E-state index contributed by atoms with van der Waals surface area (Å²) in [6.07, 6.45) is 0.504. The Kier molecular flexibility index (Phi) is 5.81. The van der Waals surface area contributed by atoms with E-state index in [9.17, 15) is 8.78 Å². The van der Waals surface area contributed by atoms with Gasteiger partial charge in [-0.15, -0.1) is 0 Å². The van der Waals surface area contributed by atoms with Crippen LogP contribution in [-0.4, -0.2) is 10.7 Å². The van der Waals surface area contributed by atoms with Crippen LogP contribution in [0.5, 0.6) is 0 Å². The summed E-state index contributed by atoms with van der Waals surface area (Å²) < 4.78 is 27.0. The van der Waals surface area contributed by atoms with E-state index in [4.69, 9.17) is 11.6 Å². The van der Waals surface area contributed by atoms with E-state index in [1.807, 2.05) is 6.07 Å². The molecule has 0 bridgehead atoms. The quantitative estimate of drug-likeness (QED) is 0.511. The Morgan fingerprint density at radius 3 is 2.24 bits per heavy atom. The maximum absolute atomic E-state index is 13.5. The largest absolute Gasteiger partial charge is 0.207 e. The summed E-state index contributed by atoms with van der Waals surface area (Å²) in [4.78, 5) is 0. The Morgan fingerprint density at radius 1 is 0.952 bits per heavy atom. The highest BCUT2D eigenvalue weighted by molar-refractivity contribution is 9.09. The van der Waals surface area contributed by atoms with Gasteiger partial charge in [0.05, 0.1) is 0 Å². The van der Waals surface area contributed by atoms with Crippen LogP contribution < -0.4 is 0 Å². The third-order valence-corrected chi connectivity index (χ3v) is 6.00. The van der Waals surface area contributed by atoms with Crippen molar-refractivity contribution in [3.8, 4) is 0 Å². The highest BCUT2D eigenvalue weighted by atomic mass is 79.9. The van der Waals surface area contributed by atoms with Crippen LogP contribution in [0.15, 0.2) is 42.5 Å². The summed E-state index contributed by atoms with van der Waals surface area (Å²) in [6.45, 7) is 0. The van der Waals surface area contributed by atoms with Gasteiger partial charge in [-0.05, 0) is 47.9 Å². The smallest absolute Gasteiger partial charge is 0.123 e. The van der Waals surface area contributed by atoms with E-state index in [1.54, 1.807) is 12.1 Å². The van der Waals surface area contributed by atoms with Gasteiger partial charge in [0.25, 0.3) is 0 Å². The molecule has 0 spiro atoms. The van der Waals surface area contributed by atoms with Crippen LogP contribution in [0.2, 0.25) is 5.02 Å². The number of benzene rings is 2. The number of hydrogen-bond acceptors (Lipinski definition) is 0. The first kappa shape index (κ1) is 16.9. The lowest BCUT2D eigenvalue weighted by Crippen LogP contribution is -2.33. The van der Waals surface area contributed by atoms with Gasteiger partial charge in [-0.1, -0.05) is 55.6 Å². The topological polar surface area (TPSA) is 0 Å². The molecule has 2 aromatic rings. The third kappa shape index (κ3) is 3.85. The molecule has 0 saturated heterocycles. The third-order valence-electron chi connectivity index (χ3n) is 3.49. The maximum atomic E-state index is 13.5. The predicted molar refractivity (Wildman–Crippen MR) is 90.8 cm³/mol. The minimum Gasteiger partial charge on any atom is -0.207 e. The summed E-state index contributed by atoms with van der Waals surface area (Å²) >= 11 is 13.2. The minimum absolute atomic E-state index is 0.288. The molecule has 0 fully saturated rings. The zero-order chi connectivity index (χ0) is 15.5. The Bertz CT molecular complexity index is 627. The molecule has 2 aromatic carbocycles. The zero-order valence-electron chi connectivity index (χ0n) is 11.1. The molecule has 0 nitrogen and oxygen atoms in total. The molecule has 0 amide bonds. The van der Waals surface area contributed by atoms with Crippen molar-refractivity contribution in [1.82, 2.24) is 0 Å². The van der Waals surface area contributed by atoms with Crippen LogP contribution in [0.4, 0.5) is 8.78 Å². The molecule has 0 aliphatic carbocycles. The average molecular weight is 439 g/mol. The molecule has 5 heteroatoms. The van der Waals surface area contributed by atoms with Crippen molar-refractivity contribution < 1.29 is 8.78 Å². The lowest BCUT2D eigenvalue weighted by molar-refractivity contribution is 0.538.